The number of allylic oxidation sites excluding steroid dienone is 4. The van der Waals surface area contributed by atoms with Crippen LogP contribution in [0.3, 0.4) is 0 Å². The Bertz CT molecular complexity index is 716. The van der Waals surface area contributed by atoms with Gasteiger partial charge in [-0.05, 0) is 44.9 Å². The Morgan fingerprint density at radius 2 is 1.12 bits per heavy atom. The molecule has 0 spiro atoms. The molecule has 9 heteroatoms. The molecule has 1 unspecified atom stereocenters. The van der Waals surface area contributed by atoms with Crippen LogP contribution in [0, 0.1) is 0 Å². The van der Waals surface area contributed by atoms with Crippen molar-refractivity contribution >= 4 is 19.8 Å². The highest BCUT2D eigenvalue weighted by Crippen LogP contribution is 2.35. The van der Waals surface area contributed by atoms with Crippen LogP contribution >= 0.6 is 7.82 Å². The van der Waals surface area contributed by atoms with Crippen molar-refractivity contribution in [2.24, 2.45) is 0 Å². The molecule has 0 radical (unpaired) electrons. The third-order valence-corrected chi connectivity index (χ3v) is 6.96. The molecule has 0 aromatic rings. The molecule has 40 heavy (non-hydrogen) atoms. The van der Waals surface area contributed by atoms with Gasteiger partial charge in [-0.2, -0.15) is 0 Å². The smallest absolute Gasteiger partial charge is 0.462 e. The number of hydrogen-bond donors (Lipinski definition) is 2. The summed E-state index contributed by atoms with van der Waals surface area (Å²) in [4.78, 5) is 42.0. The molecule has 0 saturated carbocycles. The van der Waals surface area contributed by atoms with Crippen LogP contribution < -0.4 is 0 Å². The van der Waals surface area contributed by atoms with Crippen molar-refractivity contribution in [2.45, 2.75) is 148 Å². The van der Waals surface area contributed by atoms with E-state index in [1.54, 1.807) is 0 Å². The van der Waals surface area contributed by atoms with Gasteiger partial charge >= 0.3 is 19.8 Å². The van der Waals surface area contributed by atoms with Gasteiger partial charge in [0.25, 0.3) is 0 Å². The van der Waals surface area contributed by atoms with E-state index in [0.29, 0.717) is 12.8 Å². The van der Waals surface area contributed by atoms with Crippen LogP contribution in [0.1, 0.15) is 142 Å². The maximum absolute atomic E-state index is 12.2. The van der Waals surface area contributed by atoms with E-state index in [9.17, 15) is 14.2 Å². The van der Waals surface area contributed by atoms with E-state index in [1.807, 2.05) is 0 Å². The Balaban J connectivity index is 3.91. The van der Waals surface area contributed by atoms with Crippen molar-refractivity contribution in [1.29, 1.82) is 0 Å². The first-order valence-corrected chi connectivity index (χ1v) is 17.2. The largest absolute Gasteiger partial charge is 0.469 e. The van der Waals surface area contributed by atoms with E-state index in [1.165, 1.54) is 51.4 Å². The van der Waals surface area contributed by atoms with Crippen molar-refractivity contribution in [3.05, 3.63) is 24.3 Å². The molecule has 0 heterocycles. The standard InChI is InChI=1S/C31H57O8P/c1-3-5-7-9-10-11-12-13-14-15-16-17-18-19-20-21-22-24-26-31(33)39-29(28-38-40(34,35)36)27-37-30(32)25-23-8-6-4-2/h11-12,14-15,29H,3-10,13,16-28H2,1-2H3,(H2,34,35,36)/b12-11-,15-14-. The van der Waals surface area contributed by atoms with Crippen LogP contribution in [-0.4, -0.2) is 41.0 Å². The highest BCUT2D eigenvalue weighted by atomic mass is 31.2. The Labute approximate surface area is 243 Å². The van der Waals surface area contributed by atoms with Crippen molar-refractivity contribution in [2.75, 3.05) is 13.2 Å². The number of phosphoric ester groups is 1. The third-order valence-electron chi connectivity index (χ3n) is 6.47. The van der Waals surface area contributed by atoms with Crippen molar-refractivity contribution < 1.29 is 37.9 Å². The average Bonchev–Trinajstić information content (AvgIpc) is 2.91. The summed E-state index contributed by atoms with van der Waals surface area (Å²) < 4.78 is 25.9. The molecule has 0 aromatic heterocycles. The summed E-state index contributed by atoms with van der Waals surface area (Å²) >= 11 is 0. The van der Waals surface area contributed by atoms with Crippen LogP contribution in [0.25, 0.3) is 0 Å². The zero-order valence-electron chi connectivity index (χ0n) is 25.2. The van der Waals surface area contributed by atoms with Gasteiger partial charge in [0.2, 0.25) is 0 Å². The number of carbonyl (C=O) groups excluding carboxylic acids is 2. The number of unbranched alkanes of at least 4 members (excludes halogenated alkanes) is 14. The average molecular weight is 589 g/mol. The van der Waals surface area contributed by atoms with E-state index in [4.69, 9.17) is 19.3 Å². The van der Waals surface area contributed by atoms with Gasteiger partial charge in [-0.25, -0.2) is 4.57 Å². The summed E-state index contributed by atoms with van der Waals surface area (Å²) in [5, 5.41) is 0. The van der Waals surface area contributed by atoms with Crippen LogP contribution in [0.15, 0.2) is 24.3 Å². The van der Waals surface area contributed by atoms with Crippen molar-refractivity contribution in [3.8, 4) is 0 Å². The number of rotatable bonds is 28. The number of carbonyl (C=O) groups is 2. The highest BCUT2D eigenvalue weighted by Gasteiger charge is 2.22. The SMILES string of the molecule is CCCCCC/C=C\C/C=C\CCCCCCCCCC(=O)OC(COC(=O)CCCCCC)COP(=O)(O)O. The fraction of sp³-hybridized carbons (Fsp3) is 0.806. The summed E-state index contributed by atoms with van der Waals surface area (Å²) in [6.45, 7) is 3.49. The molecule has 8 nitrogen and oxygen atoms in total. The monoisotopic (exact) mass is 588 g/mol. The van der Waals surface area contributed by atoms with E-state index in [0.717, 1.165) is 51.4 Å². The third kappa shape index (κ3) is 29.5. The lowest BCUT2D eigenvalue weighted by molar-refractivity contribution is -0.161. The zero-order chi connectivity index (χ0) is 29.7. The van der Waals surface area contributed by atoms with Gasteiger partial charge in [-0.1, -0.05) is 109 Å². The minimum absolute atomic E-state index is 0.204. The summed E-state index contributed by atoms with van der Waals surface area (Å²) in [5.74, 6) is -0.915. The van der Waals surface area contributed by atoms with Crippen LogP contribution in [0.2, 0.25) is 0 Å². The zero-order valence-corrected chi connectivity index (χ0v) is 26.1. The van der Waals surface area contributed by atoms with Gasteiger partial charge in [0, 0.05) is 12.8 Å². The molecule has 0 aliphatic carbocycles. The summed E-state index contributed by atoms with van der Waals surface area (Å²) in [6.07, 6.45) is 28.2. The molecular weight excluding hydrogens is 531 g/mol. The van der Waals surface area contributed by atoms with Crippen LogP contribution in [0.5, 0.6) is 0 Å². The van der Waals surface area contributed by atoms with E-state index < -0.39 is 32.5 Å². The molecule has 0 aromatic carbocycles. The quantitative estimate of drug-likeness (QED) is 0.0404. The first-order valence-electron chi connectivity index (χ1n) is 15.6. The molecular formula is C31H57O8P. The topological polar surface area (TPSA) is 119 Å². The van der Waals surface area contributed by atoms with Crippen molar-refractivity contribution in [1.82, 2.24) is 0 Å². The summed E-state index contributed by atoms with van der Waals surface area (Å²) in [7, 11) is -4.73. The molecule has 2 N–H and O–H groups in total. The lowest BCUT2D eigenvalue weighted by atomic mass is 10.1. The van der Waals surface area contributed by atoms with Gasteiger partial charge in [0.15, 0.2) is 6.10 Å². The number of hydrogen-bond acceptors (Lipinski definition) is 6. The fourth-order valence-corrected chi connectivity index (χ4v) is 4.47. The van der Waals surface area contributed by atoms with E-state index >= 15 is 0 Å². The van der Waals surface area contributed by atoms with Crippen LogP contribution in [-0.2, 0) is 28.2 Å². The first kappa shape index (κ1) is 38.5. The second kappa shape index (κ2) is 27.7. The molecule has 0 rings (SSSR count). The molecule has 0 aliphatic heterocycles. The van der Waals surface area contributed by atoms with Gasteiger partial charge in [-0.3, -0.25) is 14.1 Å². The Hall–Kier alpha value is -1.47. The normalized spacial score (nSPS) is 12.8. The van der Waals surface area contributed by atoms with Gasteiger partial charge in [-0.15, -0.1) is 0 Å². The van der Waals surface area contributed by atoms with E-state index in [2.05, 4.69) is 42.7 Å². The molecule has 1 atom stereocenters. The maximum Gasteiger partial charge on any atom is 0.469 e. The second-order valence-corrected chi connectivity index (χ2v) is 11.7. The number of ether oxygens (including phenoxy) is 2. The molecule has 0 saturated heterocycles. The predicted octanol–water partition coefficient (Wildman–Crippen LogP) is 8.50. The minimum Gasteiger partial charge on any atom is -0.462 e. The van der Waals surface area contributed by atoms with Crippen molar-refractivity contribution in [3.63, 3.8) is 0 Å². The number of phosphoric acid groups is 1. The van der Waals surface area contributed by atoms with Gasteiger partial charge in [0.1, 0.15) is 6.61 Å². The molecule has 0 aliphatic rings. The predicted molar refractivity (Wildman–Crippen MR) is 161 cm³/mol. The maximum atomic E-state index is 12.2. The Morgan fingerprint density at radius 1 is 0.650 bits per heavy atom. The van der Waals surface area contributed by atoms with Crippen LogP contribution in [0.4, 0.5) is 0 Å². The Kier molecular flexibility index (Phi) is 26.7. The van der Waals surface area contributed by atoms with Gasteiger partial charge < -0.3 is 19.3 Å². The first-order chi connectivity index (χ1) is 19.3. The fourth-order valence-electron chi connectivity index (χ4n) is 4.11. The second-order valence-electron chi connectivity index (χ2n) is 10.4. The molecule has 0 bridgehead atoms. The minimum atomic E-state index is -4.73. The van der Waals surface area contributed by atoms with Gasteiger partial charge in [0.05, 0.1) is 6.61 Å². The lowest BCUT2D eigenvalue weighted by Crippen LogP contribution is -2.29. The molecule has 0 amide bonds. The summed E-state index contributed by atoms with van der Waals surface area (Å²) in [5.41, 5.74) is 0. The summed E-state index contributed by atoms with van der Waals surface area (Å²) in [6, 6.07) is 0. The highest BCUT2D eigenvalue weighted by molar-refractivity contribution is 7.46. The van der Waals surface area contributed by atoms with E-state index in [-0.39, 0.29) is 19.4 Å². The lowest BCUT2D eigenvalue weighted by Gasteiger charge is -2.18. The Morgan fingerprint density at radius 3 is 1.68 bits per heavy atom. The molecule has 0 fully saturated rings. The number of esters is 2. The molecule has 234 valence electrons.